The van der Waals surface area contributed by atoms with Crippen LogP contribution in [0.4, 0.5) is 13.2 Å². The number of aromatic nitrogens is 1. The first-order valence-corrected chi connectivity index (χ1v) is 4.94. The zero-order valence-electron chi connectivity index (χ0n) is 11.2. The Bertz CT molecular complexity index is 677. The van der Waals surface area contributed by atoms with E-state index in [9.17, 15) is 26.4 Å². The van der Waals surface area contributed by atoms with Crippen LogP contribution in [0.1, 0.15) is 15.8 Å². The zero-order chi connectivity index (χ0) is 15.9. The Morgan fingerprint density at radius 3 is 2.69 bits per heavy atom. The lowest BCUT2D eigenvalue weighted by atomic mass is 10.3. The van der Waals surface area contributed by atoms with Crippen LogP contribution in [0.3, 0.4) is 0 Å². The van der Waals surface area contributed by atoms with Crippen LogP contribution >= 0.6 is 0 Å². The highest BCUT2D eigenvalue weighted by atomic mass is 32.2. The molecule has 0 unspecified atom stereocenters. The molecule has 0 bridgehead atoms. The van der Waals surface area contributed by atoms with Crippen molar-refractivity contribution in [1.29, 1.82) is 0 Å². The van der Waals surface area contributed by atoms with E-state index >= 15 is 0 Å². The van der Waals surface area contributed by atoms with E-state index < -0.39 is 51.4 Å². The first-order valence-electron chi connectivity index (χ1n) is 5.46. The summed E-state index contributed by atoms with van der Waals surface area (Å²) in [4.78, 5) is 14.4. The van der Waals surface area contributed by atoms with Crippen molar-refractivity contribution in [3.63, 3.8) is 0 Å². The van der Waals surface area contributed by atoms with E-state index in [1.165, 1.54) is 0 Å². The standard InChI is InChI=1S/C7H5F3N2O3S/c8-7(9,10)16(14,15)12-6(13)5-2-1-3-11-4-5/h1-4H,(H,12,13)/i1D,2D,3D,4D. The van der Waals surface area contributed by atoms with Gasteiger partial charge in [0.05, 0.1) is 11.0 Å². The van der Waals surface area contributed by atoms with Gasteiger partial charge < -0.3 is 0 Å². The van der Waals surface area contributed by atoms with Crippen molar-refractivity contribution in [3.05, 3.63) is 30.0 Å². The minimum absolute atomic E-state index is 0.625. The van der Waals surface area contributed by atoms with Gasteiger partial charge in [-0.1, -0.05) is 0 Å². The van der Waals surface area contributed by atoms with E-state index in [1.54, 1.807) is 0 Å². The molecule has 1 amide bonds. The van der Waals surface area contributed by atoms with Gasteiger partial charge in [0.2, 0.25) is 0 Å². The number of halogens is 3. The number of sulfonamides is 1. The molecule has 0 aliphatic heterocycles. The lowest BCUT2D eigenvalue weighted by Gasteiger charge is -2.08. The second-order valence-corrected chi connectivity index (χ2v) is 4.01. The zero-order valence-corrected chi connectivity index (χ0v) is 8.03. The summed E-state index contributed by atoms with van der Waals surface area (Å²) in [6.45, 7) is 0. The van der Waals surface area contributed by atoms with Gasteiger partial charge >= 0.3 is 15.5 Å². The van der Waals surface area contributed by atoms with Crippen LogP contribution in [0.15, 0.2) is 24.4 Å². The van der Waals surface area contributed by atoms with E-state index in [-0.39, 0.29) is 0 Å². The van der Waals surface area contributed by atoms with Gasteiger partial charge in [0.15, 0.2) is 0 Å². The van der Waals surface area contributed by atoms with Crippen LogP contribution in [0.2, 0.25) is 0 Å². The SMILES string of the molecule is [2H]c1nc([2H])c(C(=O)NS(=O)(=O)C(F)(F)F)c([2H])c1[2H]. The molecule has 5 nitrogen and oxygen atoms in total. The maximum atomic E-state index is 12.1. The van der Waals surface area contributed by atoms with Gasteiger partial charge in [0, 0.05) is 12.3 Å². The Morgan fingerprint density at radius 1 is 1.50 bits per heavy atom. The Kier molecular flexibility index (Phi) is 1.94. The predicted octanol–water partition coefficient (Wildman–Crippen LogP) is 0.661. The molecule has 0 aliphatic rings. The van der Waals surface area contributed by atoms with Crippen molar-refractivity contribution in [1.82, 2.24) is 9.71 Å². The first-order chi connectivity index (χ1) is 8.88. The van der Waals surface area contributed by atoms with Gasteiger partial charge in [0.25, 0.3) is 5.91 Å². The molecule has 0 radical (unpaired) electrons. The molecule has 16 heavy (non-hydrogen) atoms. The molecule has 9 heteroatoms. The number of hydrogen-bond donors (Lipinski definition) is 1. The Morgan fingerprint density at radius 2 is 2.12 bits per heavy atom. The smallest absolute Gasteiger partial charge is 0.268 e. The topological polar surface area (TPSA) is 76.1 Å². The fourth-order valence-corrected chi connectivity index (χ4v) is 1.03. The number of rotatable bonds is 2. The summed E-state index contributed by atoms with van der Waals surface area (Å²) in [7, 11) is -6.00. The fourth-order valence-electron chi connectivity index (χ4n) is 0.569. The molecule has 1 aromatic rings. The molecule has 88 valence electrons. The highest BCUT2D eigenvalue weighted by molar-refractivity contribution is 7.90. The number of nitrogens with one attached hydrogen (secondary N) is 1. The van der Waals surface area contributed by atoms with Crippen LogP contribution in [0.5, 0.6) is 0 Å². The summed E-state index contributed by atoms with van der Waals surface area (Å²) in [5, 5.41) is 0. The van der Waals surface area contributed by atoms with E-state index in [4.69, 9.17) is 5.48 Å². The molecule has 0 aliphatic carbocycles. The molecule has 1 rings (SSSR count). The third-order valence-corrected chi connectivity index (χ3v) is 2.29. The van der Waals surface area contributed by atoms with Crippen molar-refractivity contribution < 1.29 is 31.9 Å². The number of carbonyl (C=O) groups is 1. The largest absolute Gasteiger partial charge is 0.516 e. The van der Waals surface area contributed by atoms with Gasteiger partial charge in [-0.05, 0) is 12.1 Å². The molecule has 1 heterocycles. The summed E-state index contributed by atoms with van der Waals surface area (Å²) in [5.74, 6) is -1.92. The number of alkyl halides is 3. The van der Waals surface area contributed by atoms with Crippen molar-refractivity contribution in [2.24, 2.45) is 0 Å². The Hall–Kier alpha value is -1.64. The molecule has 0 aromatic carbocycles. The lowest BCUT2D eigenvalue weighted by molar-refractivity contribution is -0.0446. The summed E-state index contributed by atoms with van der Waals surface area (Å²) in [6, 6.07) is -1.99. The fraction of sp³-hybridized carbons (Fsp3) is 0.143. The van der Waals surface area contributed by atoms with Gasteiger partial charge in [-0.25, -0.2) is 4.72 Å². The normalized spacial score (nSPS) is 15.7. The summed E-state index contributed by atoms with van der Waals surface area (Å²) in [5.41, 5.74) is -6.89. The van der Waals surface area contributed by atoms with Crippen LogP contribution in [-0.4, -0.2) is 24.8 Å². The average Bonchev–Trinajstić information content (AvgIpc) is 2.23. The van der Waals surface area contributed by atoms with Crippen LogP contribution < -0.4 is 4.72 Å². The molecule has 0 atom stereocenters. The highest BCUT2D eigenvalue weighted by Crippen LogP contribution is 2.21. The van der Waals surface area contributed by atoms with E-state index in [0.717, 1.165) is 0 Å². The number of carbonyl (C=O) groups excluding carboxylic acids is 1. The van der Waals surface area contributed by atoms with Gasteiger partial charge in [-0.2, -0.15) is 21.6 Å². The van der Waals surface area contributed by atoms with Gasteiger partial charge in [0.1, 0.15) is 0 Å². The summed E-state index contributed by atoms with van der Waals surface area (Å²) in [6.07, 6.45) is -1.92. The van der Waals surface area contributed by atoms with Crippen molar-refractivity contribution in [2.45, 2.75) is 5.51 Å². The van der Waals surface area contributed by atoms with E-state index in [1.807, 2.05) is 0 Å². The number of nitrogens with zero attached hydrogens (tertiary/aromatic N) is 1. The maximum absolute atomic E-state index is 12.1. The molecular formula is C7H5F3N2O3S. The Balaban J connectivity index is 3.29. The predicted molar refractivity (Wildman–Crippen MR) is 46.7 cm³/mol. The summed E-state index contributed by atoms with van der Waals surface area (Å²) >= 11 is 0. The average molecular weight is 258 g/mol. The number of pyridine rings is 1. The van der Waals surface area contributed by atoms with Crippen LogP contribution in [0.25, 0.3) is 0 Å². The molecule has 0 saturated heterocycles. The molecule has 1 N–H and O–H groups in total. The monoisotopic (exact) mass is 258 g/mol. The maximum Gasteiger partial charge on any atom is 0.516 e. The van der Waals surface area contributed by atoms with Gasteiger partial charge in [-0.15, -0.1) is 0 Å². The summed E-state index contributed by atoms with van der Waals surface area (Å²) < 4.78 is 86.9. The van der Waals surface area contributed by atoms with Crippen molar-refractivity contribution in [2.75, 3.05) is 0 Å². The second kappa shape index (κ2) is 4.08. The third kappa shape index (κ3) is 2.69. The lowest BCUT2D eigenvalue weighted by Crippen LogP contribution is -2.40. The Labute approximate surface area is 94.0 Å². The van der Waals surface area contributed by atoms with Crippen LogP contribution in [0, 0.1) is 0 Å². The molecule has 0 fully saturated rings. The second-order valence-electron chi connectivity index (χ2n) is 2.34. The number of amides is 1. The van der Waals surface area contributed by atoms with Crippen molar-refractivity contribution >= 4 is 15.9 Å². The number of hydrogen-bond acceptors (Lipinski definition) is 4. The van der Waals surface area contributed by atoms with Crippen LogP contribution in [-0.2, 0) is 10.0 Å². The van der Waals surface area contributed by atoms with E-state index in [0.29, 0.717) is 4.72 Å². The minimum atomic E-state index is -6.00. The molecule has 0 spiro atoms. The molecule has 1 aromatic heterocycles. The van der Waals surface area contributed by atoms with Gasteiger partial charge in [-0.3, -0.25) is 9.78 Å². The van der Waals surface area contributed by atoms with E-state index in [2.05, 4.69) is 4.98 Å². The minimum Gasteiger partial charge on any atom is -0.268 e. The molecular weight excluding hydrogens is 249 g/mol. The van der Waals surface area contributed by atoms with Crippen molar-refractivity contribution in [3.8, 4) is 0 Å². The quantitative estimate of drug-likeness (QED) is 0.845. The first kappa shape index (κ1) is 7.60. The highest BCUT2D eigenvalue weighted by Gasteiger charge is 2.47. The molecule has 0 saturated carbocycles. The third-order valence-electron chi connectivity index (χ3n) is 1.23.